The van der Waals surface area contributed by atoms with E-state index < -0.39 is 11.7 Å². The second-order valence-electron chi connectivity index (χ2n) is 5.69. The standard InChI is InChI=1S/C19H13F3N2/c1-24-16-10-6-5-9-13(16)17-14(19(20,21)22)11-15(23-18(17)24)12-7-3-2-4-8-12/h2-11H,1H3. The molecule has 0 atom stereocenters. The van der Waals surface area contributed by atoms with Crippen LogP contribution in [0.15, 0.2) is 60.7 Å². The lowest BCUT2D eigenvalue weighted by atomic mass is 10.0. The highest BCUT2D eigenvalue weighted by Crippen LogP contribution is 2.40. The smallest absolute Gasteiger partial charge is 0.328 e. The molecule has 2 heterocycles. The molecule has 2 aromatic carbocycles. The predicted molar refractivity (Wildman–Crippen MR) is 88.7 cm³/mol. The average molecular weight is 326 g/mol. The molecular weight excluding hydrogens is 313 g/mol. The fraction of sp³-hybridized carbons (Fsp3) is 0.105. The Bertz CT molecular complexity index is 1050. The van der Waals surface area contributed by atoms with Gasteiger partial charge in [0.25, 0.3) is 0 Å². The predicted octanol–water partition coefficient (Wildman–Crippen LogP) is 5.41. The Kier molecular flexibility index (Phi) is 3.13. The number of aromatic nitrogens is 2. The van der Waals surface area contributed by atoms with Crippen molar-refractivity contribution in [1.82, 2.24) is 9.55 Å². The van der Waals surface area contributed by atoms with Crippen molar-refractivity contribution >= 4 is 21.9 Å². The summed E-state index contributed by atoms with van der Waals surface area (Å²) in [6.45, 7) is 0. The summed E-state index contributed by atoms with van der Waals surface area (Å²) in [6.07, 6.45) is -4.45. The van der Waals surface area contributed by atoms with Crippen molar-refractivity contribution in [1.29, 1.82) is 0 Å². The van der Waals surface area contributed by atoms with E-state index in [-0.39, 0.29) is 5.39 Å². The molecule has 0 aliphatic heterocycles. The summed E-state index contributed by atoms with van der Waals surface area (Å²) in [6, 6.07) is 17.1. The van der Waals surface area contributed by atoms with E-state index in [1.54, 1.807) is 54.1 Å². The summed E-state index contributed by atoms with van der Waals surface area (Å²) < 4.78 is 42.9. The largest absolute Gasteiger partial charge is 0.417 e. The first-order chi connectivity index (χ1) is 11.5. The van der Waals surface area contributed by atoms with Crippen LogP contribution in [0, 0.1) is 0 Å². The Balaban J connectivity index is 2.17. The Morgan fingerprint density at radius 2 is 1.58 bits per heavy atom. The topological polar surface area (TPSA) is 17.8 Å². The monoisotopic (exact) mass is 326 g/mol. The minimum atomic E-state index is -4.45. The number of para-hydroxylation sites is 1. The van der Waals surface area contributed by atoms with E-state index in [9.17, 15) is 13.2 Å². The summed E-state index contributed by atoms with van der Waals surface area (Å²) in [5.41, 5.74) is 1.40. The van der Waals surface area contributed by atoms with E-state index in [1.807, 2.05) is 12.1 Å². The first kappa shape index (κ1) is 14.8. The first-order valence-corrected chi connectivity index (χ1v) is 7.47. The van der Waals surface area contributed by atoms with Crippen molar-refractivity contribution in [2.75, 3.05) is 0 Å². The van der Waals surface area contributed by atoms with Crippen molar-refractivity contribution < 1.29 is 13.2 Å². The molecular formula is C19H13F3N2. The lowest BCUT2D eigenvalue weighted by Gasteiger charge is -2.11. The van der Waals surface area contributed by atoms with Gasteiger partial charge in [0.05, 0.1) is 16.8 Å². The van der Waals surface area contributed by atoms with Crippen LogP contribution in [0.1, 0.15) is 5.56 Å². The van der Waals surface area contributed by atoms with Crippen molar-refractivity contribution in [2.24, 2.45) is 7.05 Å². The molecule has 2 aromatic heterocycles. The Labute approximate surface area is 136 Å². The van der Waals surface area contributed by atoms with Crippen LogP contribution in [0.25, 0.3) is 33.2 Å². The molecule has 0 N–H and O–H groups in total. The van der Waals surface area contributed by atoms with Crippen molar-refractivity contribution in [2.45, 2.75) is 6.18 Å². The van der Waals surface area contributed by atoms with E-state index in [2.05, 4.69) is 4.98 Å². The number of rotatable bonds is 1. The third kappa shape index (κ3) is 2.16. The van der Waals surface area contributed by atoms with Gasteiger partial charge >= 0.3 is 6.18 Å². The normalized spacial score (nSPS) is 12.2. The summed E-state index contributed by atoms with van der Waals surface area (Å²) in [7, 11) is 1.74. The quantitative estimate of drug-likeness (QED) is 0.457. The van der Waals surface area contributed by atoms with Crippen LogP contribution in [-0.4, -0.2) is 9.55 Å². The molecule has 0 aliphatic rings. The number of nitrogens with zero attached hydrogens (tertiary/aromatic N) is 2. The first-order valence-electron chi connectivity index (χ1n) is 7.47. The number of halogens is 3. The van der Waals surface area contributed by atoms with E-state index in [1.165, 1.54) is 0 Å². The van der Waals surface area contributed by atoms with Crippen LogP contribution in [0.3, 0.4) is 0 Å². The molecule has 0 radical (unpaired) electrons. The third-order valence-corrected chi connectivity index (χ3v) is 4.23. The van der Waals surface area contributed by atoms with Gasteiger partial charge in [0, 0.05) is 23.4 Å². The van der Waals surface area contributed by atoms with Crippen LogP contribution in [-0.2, 0) is 13.2 Å². The molecule has 0 fully saturated rings. The highest BCUT2D eigenvalue weighted by atomic mass is 19.4. The molecule has 0 amide bonds. The molecule has 0 saturated carbocycles. The highest BCUT2D eigenvalue weighted by Gasteiger charge is 2.35. The van der Waals surface area contributed by atoms with Crippen LogP contribution in [0.2, 0.25) is 0 Å². The average Bonchev–Trinajstić information content (AvgIpc) is 2.87. The molecule has 0 unspecified atom stereocenters. The van der Waals surface area contributed by atoms with Gasteiger partial charge < -0.3 is 4.57 Å². The molecule has 4 rings (SSSR count). The van der Waals surface area contributed by atoms with Gasteiger partial charge in [-0.15, -0.1) is 0 Å². The lowest BCUT2D eigenvalue weighted by Crippen LogP contribution is -2.07. The molecule has 0 saturated heterocycles. The van der Waals surface area contributed by atoms with Crippen molar-refractivity contribution in [3.05, 3.63) is 66.2 Å². The minimum Gasteiger partial charge on any atom is -0.328 e. The maximum Gasteiger partial charge on any atom is 0.417 e. The fourth-order valence-corrected chi connectivity index (χ4v) is 3.11. The van der Waals surface area contributed by atoms with Gasteiger partial charge in [-0.05, 0) is 12.1 Å². The van der Waals surface area contributed by atoms with Gasteiger partial charge in [0.2, 0.25) is 0 Å². The number of hydrogen-bond acceptors (Lipinski definition) is 1. The van der Waals surface area contributed by atoms with Gasteiger partial charge in [-0.3, -0.25) is 0 Å². The molecule has 0 spiro atoms. The molecule has 24 heavy (non-hydrogen) atoms. The van der Waals surface area contributed by atoms with Gasteiger partial charge in [-0.1, -0.05) is 48.5 Å². The second kappa shape index (κ2) is 5.09. The number of aryl methyl sites for hydroxylation is 1. The molecule has 5 heteroatoms. The Morgan fingerprint density at radius 1 is 0.917 bits per heavy atom. The van der Waals surface area contributed by atoms with E-state index in [0.717, 1.165) is 11.6 Å². The van der Waals surface area contributed by atoms with Gasteiger partial charge in [0.15, 0.2) is 0 Å². The summed E-state index contributed by atoms with van der Waals surface area (Å²) >= 11 is 0. The lowest BCUT2D eigenvalue weighted by molar-refractivity contribution is -0.136. The van der Waals surface area contributed by atoms with Crippen molar-refractivity contribution in [3.63, 3.8) is 0 Å². The number of benzene rings is 2. The zero-order chi connectivity index (χ0) is 16.9. The summed E-state index contributed by atoms with van der Waals surface area (Å²) in [5, 5.41) is 0.717. The molecule has 4 aromatic rings. The van der Waals surface area contributed by atoms with Crippen LogP contribution in [0.5, 0.6) is 0 Å². The number of pyridine rings is 1. The van der Waals surface area contributed by atoms with Gasteiger partial charge in [-0.25, -0.2) is 4.98 Å². The van der Waals surface area contributed by atoms with Gasteiger partial charge in [0.1, 0.15) is 5.65 Å². The SMILES string of the molecule is Cn1c2ccccc2c2c(C(F)(F)F)cc(-c3ccccc3)nc21. The molecule has 2 nitrogen and oxygen atoms in total. The Hall–Kier alpha value is -2.82. The van der Waals surface area contributed by atoms with Gasteiger partial charge in [-0.2, -0.15) is 13.2 Å². The maximum absolute atomic E-state index is 13.7. The molecule has 0 aliphatic carbocycles. The van der Waals surface area contributed by atoms with E-state index in [4.69, 9.17) is 0 Å². The highest BCUT2D eigenvalue weighted by molar-refractivity contribution is 6.09. The van der Waals surface area contributed by atoms with Crippen LogP contribution in [0.4, 0.5) is 13.2 Å². The maximum atomic E-state index is 13.7. The molecule has 120 valence electrons. The summed E-state index contributed by atoms with van der Waals surface area (Å²) in [4.78, 5) is 4.52. The Morgan fingerprint density at radius 3 is 2.29 bits per heavy atom. The molecule has 0 bridgehead atoms. The number of hydrogen-bond donors (Lipinski definition) is 0. The second-order valence-corrected chi connectivity index (χ2v) is 5.69. The minimum absolute atomic E-state index is 0.153. The van der Waals surface area contributed by atoms with E-state index >= 15 is 0 Å². The van der Waals surface area contributed by atoms with Crippen LogP contribution < -0.4 is 0 Å². The number of fused-ring (bicyclic) bond motifs is 3. The summed E-state index contributed by atoms with van der Waals surface area (Å²) in [5.74, 6) is 0. The van der Waals surface area contributed by atoms with E-state index in [0.29, 0.717) is 22.3 Å². The number of alkyl halides is 3. The van der Waals surface area contributed by atoms with Crippen molar-refractivity contribution in [3.8, 4) is 11.3 Å². The fourth-order valence-electron chi connectivity index (χ4n) is 3.11. The third-order valence-electron chi connectivity index (χ3n) is 4.23. The zero-order valence-electron chi connectivity index (χ0n) is 12.8. The van der Waals surface area contributed by atoms with Crippen LogP contribution >= 0.6 is 0 Å². The zero-order valence-corrected chi connectivity index (χ0v) is 12.8.